The molecule has 0 bridgehead atoms. The van der Waals surface area contributed by atoms with Crippen LogP contribution >= 0.6 is 23.2 Å². The molecule has 0 saturated heterocycles. The first kappa shape index (κ1) is 18.4. The Bertz CT molecular complexity index is 911. The maximum atomic E-state index is 6.19. The number of nitrogens with two attached hydrogens (primary N) is 1. The minimum absolute atomic E-state index is 0.283. The van der Waals surface area contributed by atoms with Crippen LogP contribution in [0.5, 0.6) is 5.75 Å². The molecule has 4 nitrogen and oxygen atoms in total. The zero-order valence-corrected chi connectivity index (χ0v) is 16.1. The summed E-state index contributed by atoms with van der Waals surface area (Å²) >= 11 is 12.1. The number of nitrogens with zero attached hydrogens (tertiary/aromatic N) is 2. The molecular weight excluding hydrogens is 369 g/mol. The van der Waals surface area contributed by atoms with E-state index < -0.39 is 0 Å². The molecule has 6 heteroatoms. The molecule has 3 aromatic rings. The molecule has 0 aliphatic heterocycles. The number of pyridine rings is 1. The molecule has 2 aromatic carbocycles. The van der Waals surface area contributed by atoms with Crippen molar-refractivity contribution in [1.29, 1.82) is 0 Å². The summed E-state index contributed by atoms with van der Waals surface area (Å²) in [5.41, 5.74) is 9.89. The Kier molecular flexibility index (Phi) is 5.55. The Morgan fingerprint density at radius 2 is 1.73 bits per heavy atom. The fourth-order valence-electron chi connectivity index (χ4n) is 2.47. The third kappa shape index (κ3) is 4.21. The molecule has 0 unspecified atom stereocenters. The highest BCUT2D eigenvalue weighted by atomic mass is 35.5. The molecule has 134 valence electrons. The van der Waals surface area contributed by atoms with E-state index in [-0.39, 0.29) is 6.61 Å². The number of ether oxygens (including phenoxy) is 1. The molecule has 26 heavy (non-hydrogen) atoms. The van der Waals surface area contributed by atoms with Crippen molar-refractivity contribution in [3.05, 3.63) is 70.3 Å². The summed E-state index contributed by atoms with van der Waals surface area (Å²) in [7, 11) is 4.02. The van der Waals surface area contributed by atoms with E-state index in [2.05, 4.69) is 22.0 Å². The van der Waals surface area contributed by atoms with Gasteiger partial charge < -0.3 is 15.4 Å². The number of nitrogen functional groups attached to an aromatic ring is 1. The Morgan fingerprint density at radius 1 is 1.00 bits per heavy atom. The second-order valence-corrected chi connectivity index (χ2v) is 6.92. The zero-order chi connectivity index (χ0) is 18.7. The number of anilines is 2. The zero-order valence-electron chi connectivity index (χ0n) is 14.5. The molecule has 0 amide bonds. The highest BCUT2D eigenvalue weighted by Gasteiger charge is 2.08. The Balaban J connectivity index is 1.81. The molecule has 0 spiro atoms. The fraction of sp³-hybridized carbons (Fsp3) is 0.150. The van der Waals surface area contributed by atoms with Gasteiger partial charge in [0.15, 0.2) is 11.6 Å². The van der Waals surface area contributed by atoms with Gasteiger partial charge in [0, 0.05) is 47.2 Å². The van der Waals surface area contributed by atoms with E-state index in [9.17, 15) is 0 Å². The molecule has 1 heterocycles. The van der Waals surface area contributed by atoms with Gasteiger partial charge in [0.05, 0.1) is 0 Å². The smallest absolute Gasteiger partial charge is 0.166 e. The van der Waals surface area contributed by atoms with Gasteiger partial charge in [-0.1, -0.05) is 41.4 Å². The average Bonchev–Trinajstić information content (AvgIpc) is 2.62. The van der Waals surface area contributed by atoms with Gasteiger partial charge in [-0.05, 0) is 35.9 Å². The second-order valence-electron chi connectivity index (χ2n) is 6.07. The molecule has 0 radical (unpaired) electrons. The minimum Gasteiger partial charge on any atom is -0.485 e. The lowest BCUT2D eigenvalue weighted by Crippen LogP contribution is -2.07. The van der Waals surface area contributed by atoms with Gasteiger partial charge in [-0.2, -0.15) is 0 Å². The average molecular weight is 388 g/mol. The predicted molar refractivity (Wildman–Crippen MR) is 109 cm³/mol. The van der Waals surface area contributed by atoms with Gasteiger partial charge in [0.2, 0.25) is 0 Å². The lowest BCUT2D eigenvalue weighted by Gasteiger charge is -2.14. The van der Waals surface area contributed by atoms with E-state index in [0.717, 1.165) is 22.4 Å². The molecule has 2 N–H and O–H groups in total. The molecule has 0 fully saturated rings. The quantitative estimate of drug-likeness (QED) is 0.646. The van der Waals surface area contributed by atoms with Crippen molar-refractivity contribution in [2.75, 3.05) is 24.7 Å². The SMILES string of the molecule is CN(C)c1ccc(-c2cnc(N)c(OCc3ccc(Cl)cc3Cl)c2)cc1. The lowest BCUT2D eigenvalue weighted by atomic mass is 10.1. The molecule has 0 saturated carbocycles. The lowest BCUT2D eigenvalue weighted by molar-refractivity contribution is 0.307. The van der Waals surface area contributed by atoms with Crippen LogP contribution < -0.4 is 15.4 Å². The highest BCUT2D eigenvalue weighted by Crippen LogP contribution is 2.29. The van der Waals surface area contributed by atoms with Crippen LogP contribution in [-0.2, 0) is 6.61 Å². The number of halogens is 2. The summed E-state index contributed by atoms with van der Waals surface area (Å²) in [5.74, 6) is 0.856. The molecular formula is C20H19Cl2N3O. The van der Waals surface area contributed by atoms with Crippen LogP contribution in [0.15, 0.2) is 54.7 Å². The van der Waals surface area contributed by atoms with Gasteiger partial charge >= 0.3 is 0 Å². The monoisotopic (exact) mass is 387 g/mol. The van der Waals surface area contributed by atoms with Crippen molar-refractivity contribution in [2.45, 2.75) is 6.61 Å². The van der Waals surface area contributed by atoms with E-state index >= 15 is 0 Å². The van der Waals surface area contributed by atoms with Crippen LogP contribution in [0.1, 0.15) is 5.56 Å². The van der Waals surface area contributed by atoms with Crippen molar-refractivity contribution < 1.29 is 4.74 Å². The second kappa shape index (κ2) is 7.85. The van der Waals surface area contributed by atoms with Crippen molar-refractivity contribution in [3.8, 4) is 16.9 Å². The number of hydrogen-bond donors (Lipinski definition) is 1. The molecule has 3 rings (SSSR count). The van der Waals surface area contributed by atoms with Crippen LogP contribution in [0.3, 0.4) is 0 Å². The van der Waals surface area contributed by atoms with Crippen molar-refractivity contribution >= 4 is 34.7 Å². The van der Waals surface area contributed by atoms with Crippen LogP contribution in [-0.4, -0.2) is 19.1 Å². The molecule has 0 aliphatic rings. The van der Waals surface area contributed by atoms with Gasteiger partial charge in [0.25, 0.3) is 0 Å². The maximum absolute atomic E-state index is 6.19. The first-order valence-electron chi connectivity index (χ1n) is 8.04. The number of benzene rings is 2. The first-order chi connectivity index (χ1) is 12.4. The van der Waals surface area contributed by atoms with Gasteiger partial charge in [0.1, 0.15) is 6.61 Å². The molecule has 0 aliphatic carbocycles. The largest absolute Gasteiger partial charge is 0.485 e. The van der Waals surface area contributed by atoms with Gasteiger partial charge in [-0.15, -0.1) is 0 Å². The normalized spacial score (nSPS) is 10.6. The van der Waals surface area contributed by atoms with E-state index in [1.54, 1.807) is 18.3 Å². The van der Waals surface area contributed by atoms with Crippen LogP contribution in [0, 0.1) is 0 Å². The molecule has 1 aromatic heterocycles. The van der Waals surface area contributed by atoms with E-state index in [1.165, 1.54) is 0 Å². The highest BCUT2D eigenvalue weighted by molar-refractivity contribution is 6.35. The number of rotatable bonds is 5. The topological polar surface area (TPSA) is 51.4 Å². The summed E-state index contributed by atoms with van der Waals surface area (Å²) in [6.07, 6.45) is 1.74. The third-order valence-electron chi connectivity index (χ3n) is 4.00. The minimum atomic E-state index is 0.283. The van der Waals surface area contributed by atoms with Gasteiger partial charge in [-0.3, -0.25) is 0 Å². The summed E-state index contributed by atoms with van der Waals surface area (Å²) in [6.45, 7) is 0.283. The van der Waals surface area contributed by atoms with E-state index in [1.807, 2.05) is 38.4 Å². The van der Waals surface area contributed by atoms with E-state index in [0.29, 0.717) is 21.6 Å². The number of hydrogen-bond acceptors (Lipinski definition) is 4. The maximum Gasteiger partial charge on any atom is 0.166 e. The Hall–Kier alpha value is -2.43. The molecule has 0 atom stereocenters. The van der Waals surface area contributed by atoms with Crippen LogP contribution in [0.4, 0.5) is 11.5 Å². The predicted octanol–water partition coefficient (Wildman–Crippen LogP) is 5.28. The third-order valence-corrected chi connectivity index (χ3v) is 4.58. The van der Waals surface area contributed by atoms with Crippen LogP contribution in [0.25, 0.3) is 11.1 Å². The summed E-state index contributed by atoms with van der Waals surface area (Å²) in [5, 5.41) is 1.14. The summed E-state index contributed by atoms with van der Waals surface area (Å²) < 4.78 is 5.84. The van der Waals surface area contributed by atoms with E-state index in [4.69, 9.17) is 33.7 Å². The van der Waals surface area contributed by atoms with Crippen LogP contribution in [0.2, 0.25) is 10.0 Å². The Labute approximate surface area is 163 Å². The Morgan fingerprint density at radius 3 is 2.38 bits per heavy atom. The standard InChI is InChI=1S/C20H19Cl2N3O/c1-25(2)17-7-4-13(5-8-17)15-9-19(20(23)24-11-15)26-12-14-3-6-16(21)10-18(14)22/h3-11H,12H2,1-2H3,(H2,23,24). The number of aromatic nitrogens is 1. The summed E-state index contributed by atoms with van der Waals surface area (Å²) in [6, 6.07) is 15.4. The summed E-state index contributed by atoms with van der Waals surface area (Å²) in [4.78, 5) is 6.30. The van der Waals surface area contributed by atoms with Gasteiger partial charge in [-0.25, -0.2) is 4.98 Å². The van der Waals surface area contributed by atoms with Crippen molar-refractivity contribution in [3.63, 3.8) is 0 Å². The first-order valence-corrected chi connectivity index (χ1v) is 8.79. The van der Waals surface area contributed by atoms with Crippen molar-refractivity contribution in [1.82, 2.24) is 4.98 Å². The fourth-order valence-corrected chi connectivity index (χ4v) is 2.94. The van der Waals surface area contributed by atoms with Crippen molar-refractivity contribution in [2.24, 2.45) is 0 Å².